The Hall–Kier alpha value is -1.03. The van der Waals surface area contributed by atoms with Gasteiger partial charge in [0, 0.05) is 12.5 Å². The van der Waals surface area contributed by atoms with E-state index in [-0.39, 0.29) is 12.4 Å². The molecular formula is C19H26ClNOS. The molecule has 23 heavy (non-hydrogen) atoms. The van der Waals surface area contributed by atoms with Crippen molar-refractivity contribution < 1.29 is 4.74 Å². The first-order valence-corrected chi connectivity index (χ1v) is 9.19. The van der Waals surface area contributed by atoms with Crippen LogP contribution < -0.4 is 10.1 Å². The van der Waals surface area contributed by atoms with Gasteiger partial charge in [-0.15, -0.1) is 12.4 Å². The van der Waals surface area contributed by atoms with Gasteiger partial charge in [-0.1, -0.05) is 6.07 Å². The van der Waals surface area contributed by atoms with Gasteiger partial charge in [-0.25, -0.2) is 0 Å². The molecule has 1 atom stereocenters. The number of aryl methyl sites for hydroxylation is 2. The van der Waals surface area contributed by atoms with E-state index >= 15 is 0 Å². The largest absolute Gasteiger partial charge is 0.493 e. The maximum Gasteiger partial charge on any atom is 0.119 e. The van der Waals surface area contributed by atoms with Crippen molar-refractivity contribution >= 4 is 23.7 Å². The van der Waals surface area contributed by atoms with E-state index in [0.29, 0.717) is 5.92 Å². The molecule has 0 saturated carbocycles. The minimum atomic E-state index is 0. The smallest absolute Gasteiger partial charge is 0.119 e. The average Bonchev–Trinajstić information content (AvgIpc) is 3.06. The van der Waals surface area contributed by atoms with Gasteiger partial charge in [0.05, 0.1) is 6.61 Å². The van der Waals surface area contributed by atoms with Gasteiger partial charge in [0.2, 0.25) is 0 Å². The van der Waals surface area contributed by atoms with Crippen LogP contribution in [0.3, 0.4) is 0 Å². The van der Waals surface area contributed by atoms with Crippen molar-refractivity contribution in [1.29, 1.82) is 0 Å². The summed E-state index contributed by atoms with van der Waals surface area (Å²) < 4.78 is 6.10. The van der Waals surface area contributed by atoms with Crippen LogP contribution in [0.5, 0.6) is 5.75 Å². The molecule has 3 rings (SSSR count). The second kappa shape index (κ2) is 9.31. The molecular weight excluding hydrogens is 326 g/mol. The molecule has 0 bridgehead atoms. The standard InChI is InChI=1S/C19H25NOS.ClH/c1-20-12-16(10-15-8-9-22-14-15)13-21-19-7-6-17-4-2-3-5-18(17)11-19;/h6-9,11,14,16,20H,2-5,10,12-13H2,1H3;1H. The highest BCUT2D eigenvalue weighted by Gasteiger charge is 2.13. The highest BCUT2D eigenvalue weighted by Crippen LogP contribution is 2.25. The molecule has 1 heterocycles. The number of hydrogen-bond donors (Lipinski definition) is 1. The summed E-state index contributed by atoms with van der Waals surface area (Å²) in [6.45, 7) is 1.76. The van der Waals surface area contributed by atoms with E-state index in [0.717, 1.165) is 25.3 Å². The zero-order valence-corrected chi connectivity index (χ0v) is 15.3. The van der Waals surface area contributed by atoms with E-state index in [2.05, 4.69) is 40.3 Å². The molecule has 0 spiro atoms. The zero-order valence-electron chi connectivity index (χ0n) is 13.7. The first-order chi connectivity index (χ1) is 10.8. The quantitative estimate of drug-likeness (QED) is 0.792. The number of ether oxygens (including phenoxy) is 1. The molecule has 1 aromatic carbocycles. The summed E-state index contributed by atoms with van der Waals surface area (Å²) in [5.41, 5.74) is 4.43. The normalized spacial score (nSPS) is 14.7. The van der Waals surface area contributed by atoms with Crippen LogP contribution >= 0.6 is 23.7 Å². The van der Waals surface area contributed by atoms with Crippen molar-refractivity contribution in [3.05, 3.63) is 51.7 Å². The van der Waals surface area contributed by atoms with E-state index in [1.165, 1.54) is 42.4 Å². The molecule has 126 valence electrons. The lowest BCUT2D eigenvalue weighted by molar-refractivity contribution is 0.245. The molecule has 1 N–H and O–H groups in total. The number of benzene rings is 1. The first kappa shape index (κ1) is 18.3. The molecule has 4 heteroatoms. The Balaban J connectivity index is 0.00000192. The summed E-state index contributed by atoms with van der Waals surface area (Å²) in [6.07, 6.45) is 6.17. The Morgan fingerprint density at radius 2 is 2.00 bits per heavy atom. The number of nitrogens with one attached hydrogen (secondary N) is 1. The molecule has 0 saturated heterocycles. The molecule has 2 nitrogen and oxygen atoms in total. The number of rotatable bonds is 7. The second-order valence-corrected chi connectivity index (χ2v) is 6.99. The summed E-state index contributed by atoms with van der Waals surface area (Å²) in [5, 5.41) is 7.68. The van der Waals surface area contributed by atoms with E-state index in [1.807, 2.05) is 7.05 Å². The molecule has 0 fully saturated rings. The van der Waals surface area contributed by atoms with E-state index < -0.39 is 0 Å². The third-order valence-corrected chi connectivity index (χ3v) is 5.13. The fraction of sp³-hybridized carbons (Fsp3) is 0.474. The predicted octanol–water partition coefficient (Wildman–Crippen LogP) is 4.51. The maximum atomic E-state index is 6.10. The van der Waals surface area contributed by atoms with Crippen molar-refractivity contribution in [3.8, 4) is 5.75 Å². The van der Waals surface area contributed by atoms with Gasteiger partial charge < -0.3 is 10.1 Å². The Morgan fingerprint density at radius 3 is 2.74 bits per heavy atom. The Labute approximate surface area is 149 Å². The lowest BCUT2D eigenvalue weighted by Crippen LogP contribution is -2.26. The van der Waals surface area contributed by atoms with Crippen molar-refractivity contribution in [1.82, 2.24) is 5.32 Å². The van der Waals surface area contributed by atoms with Crippen LogP contribution in [0.1, 0.15) is 29.5 Å². The first-order valence-electron chi connectivity index (χ1n) is 8.25. The third-order valence-electron chi connectivity index (χ3n) is 4.40. The minimum absolute atomic E-state index is 0. The van der Waals surface area contributed by atoms with Gasteiger partial charge in [0.25, 0.3) is 0 Å². The van der Waals surface area contributed by atoms with Crippen LogP contribution in [0.2, 0.25) is 0 Å². The summed E-state index contributed by atoms with van der Waals surface area (Å²) in [5.74, 6) is 1.54. The van der Waals surface area contributed by atoms with Crippen LogP contribution in [0.25, 0.3) is 0 Å². The van der Waals surface area contributed by atoms with E-state index in [1.54, 1.807) is 11.3 Å². The van der Waals surface area contributed by atoms with Crippen LogP contribution in [-0.2, 0) is 19.3 Å². The van der Waals surface area contributed by atoms with Gasteiger partial charge in [0.15, 0.2) is 0 Å². The zero-order chi connectivity index (χ0) is 15.2. The molecule has 0 radical (unpaired) electrons. The highest BCUT2D eigenvalue weighted by atomic mass is 35.5. The van der Waals surface area contributed by atoms with Crippen molar-refractivity contribution in [2.75, 3.05) is 20.2 Å². The lowest BCUT2D eigenvalue weighted by atomic mass is 9.92. The second-order valence-electron chi connectivity index (χ2n) is 6.21. The van der Waals surface area contributed by atoms with E-state index in [4.69, 9.17) is 4.74 Å². The van der Waals surface area contributed by atoms with Gasteiger partial charge >= 0.3 is 0 Å². The number of hydrogen-bond acceptors (Lipinski definition) is 3. The average molecular weight is 352 g/mol. The van der Waals surface area contributed by atoms with Gasteiger partial charge in [0.1, 0.15) is 5.75 Å². The van der Waals surface area contributed by atoms with Crippen LogP contribution in [0, 0.1) is 5.92 Å². The van der Waals surface area contributed by atoms with Crippen molar-refractivity contribution in [2.45, 2.75) is 32.1 Å². The third kappa shape index (κ3) is 5.23. The number of fused-ring (bicyclic) bond motifs is 1. The minimum Gasteiger partial charge on any atom is -0.493 e. The lowest BCUT2D eigenvalue weighted by Gasteiger charge is -2.19. The van der Waals surface area contributed by atoms with Crippen LogP contribution in [-0.4, -0.2) is 20.2 Å². The highest BCUT2D eigenvalue weighted by molar-refractivity contribution is 7.07. The Morgan fingerprint density at radius 1 is 1.17 bits per heavy atom. The fourth-order valence-corrected chi connectivity index (χ4v) is 3.92. The monoisotopic (exact) mass is 351 g/mol. The van der Waals surface area contributed by atoms with Crippen molar-refractivity contribution in [2.24, 2.45) is 5.92 Å². The summed E-state index contributed by atoms with van der Waals surface area (Å²) in [4.78, 5) is 0. The maximum absolute atomic E-state index is 6.10. The summed E-state index contributed by atoms with van der Waals surface area (Å²) >= 11 is 1.77. The molecule has 1 unspecified atom stereocenters. The van der Waals surface area contributed by atoms with Gasteiger partial charge in [-0.05, 0) is 84.8 Å². The molecule has 1 aliphatic rings. The van der Waals surface area contributed by atoms with Gasteiger partial charge in [-0.2, -0.15) is 11.3 Å². The van der Waals surface area contributed by atoms with Gasteiger partial charge in [-0.3, -0.25) is 0 Å². The fourth-order valence-electron chi connectivity index (χ4n) is 3.23. The van der Waals surface area contributed by atoms with Crippen molar-refractivity contribution in [3.63, 3.8) is 0 Å². The van der Waals surface area contributed by atoms with E-state index in [9.17, 15) is 0 Å². The SMILES string of the molecule is CNCC(COc1ccc2c(c1)CCCC2)Cc1ccsc1.Cl. The molecule has 1 aromatic heterocycles. The molecule has 1 aliphatic carbocycles. The predicted molar refractivity (Wildman–Crippen MR) is 101 cm³/mol. The van der Waals surface area contributed by atoms with Crippen LogP contribution in [0.15, 0.2) is 35.0 Å². The molecule has 2 aromatic rings. The molecule has 0 aliphatic heterocycles. The molecule has 0 amide bonds. The Kier molecular flexibility index (Phi) is 7.41. The summed E-state index contributed by atoms with van der Waals surface area (Å²) in [7, 11) is 2.01. The number of thiophene rings is 1. The summed E-state index contributed by atoms with van der Waals surface area (Å²) in [6, 6.07) is 8.88. The Bertz CT molecular complexity index is 585. The van der Waals surface area contributed by atoms with Crippen LogP contribution in [0.4, 0.5) is 0 Å². The topological polar surface area (TPSA) is 21.3 Å². The number of halogens is 1.